The number of carbonyl (C=O) groups is 1. The molecule has 1 aliphatic rings. The number of benzene rings is 1. The lowest BCUT2D eigenvalue weighted by molar-refractivity contribution is 0.102. The minimum absolute atomic E-state index is 0.237. The Labute approximate surface area is 224 Å². The molecule has 38 heavy (non-hydrogen) atoms. The molecule has 0 radical (unpaired) electrons. The van der Waals surface area contributed by atoms with Crippen molar-refractivity contribution in [3.63, 3.8) is 0 Å². The molecule has 6 rings (SSSR count). The van der Waals surface area contributed by atoms with Gasteiger partial charge in [-0.15, -0.1) is 11.3 Å². The third-order valence-electron chi connectivity index (χ3n) is 6.90. The maximum atomic E-state index is 13.2. The minimum Gasteiger partial charge on any atom is -0.492 e. The number of nitrogens with zero attached hydrogens (tertiary/aromatic N) is 7. The highest BCUT2D eigenvalue weighted by Gasteiger charge is 2.17. The molecule has 0 atom stereocenters. The van der Waals surface area contributed by atoms with Crippen LogP contribution in [0.4, 0.5) is 5.69 Å². The van der Waals surface area contributed by atoms with E-state index in [1.807, 2.05) is 54.3 Å². The van der Waals surface area contributed by atoms with Gasteiger partial charge in [0.25, 0.3) is 5.91 Å². The first-order chi connectivity index (χ1) is 18.5. The Hall–Kier alpha value is -3.80. The number of imidazole rings is 1. The summed E-state index contributed by atoms with van der Waals surface area (Å²) >= 11 is 1.66. The predicted octanol–water partition coefficient (Wildman–Crippen LogP) is 3.38. The molecule has 1 saturated heterocycles. The van der Waals surface area contributed by atoms with Crippen LogP contribution in [-0.2, 0) is 6.54 Å². The van der Waals surface area contributed by atoms with Crippen molar-refractivity contribution in [1.29, 1.82) is 0 Å². The van der Waals surface area contributed by atoms with Crippen molar-refractivity contribution in [1.82, 2.24) is 33.9 Å². The van der Waals surface area contributed by atoms with Gasteiger partial charge in [0, 0.05) is 61.4 Å². The van der Waals surface area contributed by atoms with E-state index in [9.17, 15) is 4.79 Å². The monoisotopic (exact) mass is 530 g/mol. The Bertz CT molecular complexity index is 1580. The van der Waals surface area contributed by atoms with Gasteiger partial charge in [-0.1, -0.05) is 6.07 Å². The van der Waals surface area contributed by atoms with Crippen LogP contribution in [0.2, 0.25) is 0 Å². The molecule has 0 aliphatic carbocycles. The van der Waals surface area contributed by atoms with Crippen LogP contribution in [0.5, 0.6) is 5.75 Å². The van der Waals surface area contributed by atoms with Crippen LogP contribution < -0.4 is 10.1 Å². The van der Waals surface area contributed by atoms with Gasteiger partial charge in [0.1, 0.15) is 23.7 Å². The summed E-state index contributed by atoms with van der Waals surface area (Å²) in [4.78, 5) is 27.9. The number of aryl methyl sites for hydroxylation is 1. The number of piperazine rings is 1. The van der Waals surface area contributed by atoms with Crippen molar-refractivity contribution in [2.75, 3.05) is 51.7 Å². The largest absolute Gasteiger partial charge is 0.492 e. The Balaban J connectivity index is 1.13. The molecule has 0 spiro atoms. The van der Waals surface area contributed by atoms with Gasteiger partial charge in [0.2, 0.25) is 0 Å². The molecule has 5 aromatic rings. The van der Waals surface area contributed by atoms with Crippen LogP contribution in [0.3, 0.4) is 0 Å². The zero-order valence-electron chi connectivity index (χ0n) is 21.5. The van der Waals surface area contributed by atoms with Gasteiger partial charge in [-0.3, -0.25) is 18.8 Å². The molecule has 0 saturated carbocycles. The number of thiazole rings is 1. The molecule has 0 bridgehead atoms. The Morgan fingerprint density at radius 2 is 1.97 bits per heavy atom. The zero-order chi connectivity index (χ0) is 26.1. The van der Waals surface area contributed by atoms with E-state index in [-0.39, 0.29) is 5.91 Å². The summed E-state index contributed by atoms with van der Waals surface area (Å²) in [6, 6.07) is 9.56. The number of rotatable bonds is 8. The van der Waals surface area contributed by atoms with E-state index in [4.69, 9.17) is 4.74 Å². The number of hydrogen-bond acceptors (Lipinski definition) is 8. The van der Waals surface area contributed by atoms with Crippen molar-refractivity contribution in [2.24, 2.45) is 0 Å². The number of amides is 1. The molecule has 5 heterocycles. The van der Waals surface area contributed by atoms with Gasteiger partial charge in [0.05, 0.1) is 35.2 Å². The van der Waals surface area contributed by atoms with Crippen molar-refractivity contribution in [3.8, 4) is 5.75 Å². The molecular formula is C27H30N8O2S. The number of ether oxygens (including phenoxy) is 1. The van der Waals surface area contributed by atoms with E-state index in [0.717, 1.165) is 59.3 Å². The summed E-state index contributed by atoms with van der Waals surface area (Å²) in [5.74, 6) is 0.511. The zero-order valence-corrected chi connectivity index (χ0v) is 22.3. The van der Waals surface area contributed by atoms with Crippen LogP contribution in [0.15, 0.2) is 55.1 Å². The van der Waals surface area contributed by atoms with E-state index in [1.165, 1.54) is 0 Å². The molecule has 196 valence electrons. The topological polar surface area (TPSA) is 92.8 Å². The van der Waals surface area contributed by atoms with Gasteiger partial charge < -0.3 is 15.0 Å². The number of likely N-dealkylation sites (N-methyl/N-ethyl adjacent to an activating group) is 1. The summed E-state index contributed by atoms with van der Waals surface area (Å²) in [6.07, 6.45) is 7.10. The number of pyridine rings is 1. The predicted molar refractivity (Wildman–Crippen MR) is 148 cm³/mol. The second-order valence-electron chi connectivity index (χ2n) is 9.57. The van der Waals surface area contributed by atoms with Gasteiger partial charge >= 0.3 is 0 Å². The minimum atomic E-state index is -0.237. The molecule has 1 aliphatic heterocycles. The fraction of sp³-hybridized carbons (Fsp3) is 0.333. The van der Waals surface area contributed by atoms with Crippen LogP contribution >= 0.6 is 11.3 Å². The summed E-state index contributed by atoms with van der Waals surface area (Å²) in [5.41, 5.74) is 2.77. The second kappa shape index (κ2) is 10.5. The average Bonchev–Trinajstić information content (AvgIpc) is 3.64. The maximum Gasteiger partial charge on any atom is 0.274 e. The molecule has 10 nitrogen and oxygen atoms in total. The number of fused-ring (bicyclic) bond motifs is 2. The first kappa shape index (κ1) is 24.5. The molecule has 1 amide bonds. The van der Waals surface area contributed by atoms with Crippen molar-refractivity contribution < 1.29 is 9.53 Å². The molecule has 0 unspecified atom stereocenters. The van der Waals surface area contributed by atoms with Crippen LogP contribution in [0.25, 0.3) is 16.6 Å². The molecule has 1 N–H and O–H groups in total. The molecule has 4 aromatic heterocycles. The number of nitrogens with one attached hydrogen (secondary N) is 1. The fourth-order valence-electron chi connectivity index (χ4n) is 4.73. The lowest BCUT2D eigenvalue weighted by Crippen LogP contribution is -2.45. The highest BCUT2D eigenvalue weighted by Crippen LogP contribution is 2.25. The maximum absolute atomic E-state index is 13.2. The number of anilines is 1. The van der Waals surface area contributed by atoms with E-state index in [0.29, 0.717) is 30.2 Å². The molecule has 1 fully saturated rings. The van der Waals surface area contributed by atoms with Gasteiger partial charge in [-0.05, 0) is 32.2 Å². The number of carbonyl (C=O) groups excluding carboxylic acids is 1. The van der Waals surface area contributed by atoms with Crippen molar-refractivity contribution in [3.05, 3.63) is 70.7 Å². The summed E-state index contributed by atoms with van der Waals surface area (Å²) in [7, 11) is 2.16. The Kier molecular flexibility index (Phi) is 6.79. The number of hydrogen-bond donors (Lipinski definition) is 1. The summed E-state index contributed by atoms with van der Waals surface area (Å²) in [5, 5.41) is 9.51. The first-order valence-electron chi connectivity index (χ1n) is 12.7. The van der Waals surface area contributed by atoms with Gasteiger partial charge in [-0.25, -0.2) is 9.97 Å². The van der Waals surface area contributed by atoms with Gasteiger partial charge in [0.15, 0.2) is 0 Å². The standard InChI is InChI=1S/C27H30N8O2S/c1-19-28-15-21(38-19)18-35-24-5-3-4-23(22(24)16-30-35)31-27(36)25-17-29-26-14-20(6-7-34(25)26)37-13-12-33-10-8-32(2)9-11-33/h3-7,14-17H,8-13,18H2,1-2H3,(H,31,36). The third kappa shape index (κ3) is 5.13. The van der Waals surface area contributed by atoms with Crippen LogP contribution in [0.1, 0.15) is 20.4 Å². The van der Waals surface area contributed by atoms with E-state index >= 15 is 0 Å². The van der Waals surface area contributed by atoms with Gasteiger partial charge in [-0.2, -0.15) is 5.10 Å². The van der Waals surface area contributed by atoms with Crippen molar-refractivity contribution in [2.45, 2.75) is 13.5 Å². The Morgan fingerprint density at radius 1 is 1.11 bits per heavy atom. The third-order valence-corrected chi connectivity index (χ3v) is 7.80. The number of aromatic nitrogens is 5. The highest BCUT2D eigenvalue weighted by molar-refractivity contribution is 7.11. The second-order valence-corrected chi connectivity index (χ2v) is 10.9. The normalized spacial score (nSPS) is 14.9. The van der Waals surface area contributed by atoms with E-state index < -0.39 is 0 Å². The van der Waals surface area contributed by atoms with Crippen LogP contribution in [-0.4, -0.2) is 86.2 Å². The summed E-state index contributed by atoms with van der Waals surface area (Å²) < 4.78 is 9.69. The molecule has 11 heteroatoms. The lowest BCUT2D eigenvalue weighted by atomic mass is 10.2. The average molecular weight is 531 g/mol. The molecular weight excluding hydrogens is 500 g/mol. The SMILES string of the molecule is Cc1ncc(Cn2ncc3c(NC(=O)c4cnc5cc(OCCN6CCN(C)CC6)ccn45)cccc32)s1. The fourth-order valence-corrected chi connectivity index (χ4v) is 5.51. The van der Waals surface area contributed by atoms with Crippen molar-refractivity contribution >= 4 is 39.5 Å². The molecule has 1 aromatic carbocycles. The van der Waals surface area contributed by atoms with E-state index in [2.05, 4.69) is 37.2 Å². The quantitative estimate of drug-likeness (QED) is 0.329. The smallest absolute Gasteiger partial charge is 0.274 e. The van der Waals surface area contributed by atoms with E-state index in [1.54, 1.807) is 28.1 Å². The summed E-state index contributed by atoms with van der Waals surface area (Å²) in [6.45, 7) is 8.46. The lowest BCUT2D eigenvalue weighted by Gasteiger charge is -2.32. The highest BCUT2D eigenvalue weighted by atomic mass is 32.1. The first-order valence-corrected chi connectivity index (χ1v) is 13.5. The van der Waals surface area contributed by atoms with Crippen LogP contribution in [0, 0.1) is 6.92 Å². The Morgan fingerprint density at radius 3 is 2.79 bits per heavy atom.